The number of rotatable bonds is 5. The zero-order valence-electron chi connectivity index (χ0n) is 11.3. The molecule has 0 atom stereocenters. The maximum atomic E-state index is 11.2. The van der Waals surface area contributed by atoms with Crippen molar-refractivity contribution >= 4 is 5.97 Å². The fourth-order valence-corrected chi connectivity index (χ4v) is 2.05. The normalized spacial score (nSPS) is 10.6. The molecule has 1 aromatic heterocycles. The number of unbranched alkanes of at least 4 members (excludes halogenated alkanes) is 1. The van der Waals surface area contributed by atoms with Gasteiger partial charge in [-0.05, 0) is 31.9 Å². The van der Waals surface area contributed by atoms with Crippen LogP contribution in [0.5, 0.6) is 0 Å². The molecule has 1 aromatic carbocycles. The molecule has 0 fully saturated rings. The van der Waals surface area contributed by atoms with Crippen LogP contribution in [0.25, 0.3) is 5.69 Å². The van der Waals surface area contributed by atoms with Gasteiger partial charge in [0.25, 0.3) is 0 Å². The number of benzene rings is 1. The van der Waals surface area contributed by atoms with Gasteiger partial charge in [-0.25, -0.2) is 9.48 Å². The average Bonchev–Trinajstić information content (AvgIpc) is 2.81. The first-order chi connectivity index (χ1) is 9.13. The summed E-state index contributed by atoms with van der Waals surface area (Å²) in [6, 6.07) is 7.93. The van der Waals surface area contributed by atoms with Crippen molar-refractivity contribution in [1.82, 2.24) is 9.78 Å². The smallest absolute Gasteiger partial charge is 0.339 e. The number of hydrogen-bond acceptors (Lipinski definition) is 2. The van der Waals surface area contributed by atoms with E-state index in [0.29, 0.717) is 5.56 Å². The molecule has 0 radical (unpaired) electrons. The van der Waals surface area contributed by atoms with Gasteiger partial charge in [-0.3, -0.25) is 0 Å². The van der Waals surface area contributed by atoms with Crippen molar-refractivity contribution in [3.05, 3.63) is 47.3 Å². The summed E-state index contributed by atoms with van der Waals surface area (Å²) in [7, 11) is 0. The number of aromatic nitrogens is 2. The molecule has 2 rings (SSSR count). The van der Waals surface area contributed by atoms with Crippen molar-refractivity contribution < 1.29 is 9.90 Å². The average molecular weight is 258 g/mol. The van der Waals surface area contributed by atoms with Gasteiger partial charge in [-0.2, -0.15) is 5.10 Å². The van der Waals surface area contributed by atoms with Crippen molar-refractivity contribution in [1.29, 1.82) is 0 Å². The van der Waals surface area contributed by atoms with Crippen molar-refractivity contribution in [3.8, 4) is 5.69 Å². The highest BCUT2D eigenvalue weighted by Crippen LogP contribution is 2.18. The summed E-state index contributed by atoms with van der Waals surface area (Å²) in [5, 5.41) is 13.4. The molecule has 0 spiro atoms. The predicted octanol–water partition coefficient (Wildman–Crippen LogP) is 3.22. The molecule has 1 heterocycles. The number of hydrogen-bond donors (Lipinski definition) is 1. The fraction of sp³-hybridized carbons (Fsp3) is 0.333. The molecule has 0 aliphatic heterocycles. The summed E-state index contributed by atoms with van der Waals surface area (Å²) < 4.78 is 1.73. The molecular weight excluding hydrogens is 240 g/mol. The van der Waals surface area contributed by atoms with Crippen molar-refractivity contribution in [2.45, 2.75) is 33.1 Å². The molecule has 100 valence electrons. The van der Waals surface area contributed by atoms with Crippen LogP contribution in [0.15, 0.2) is 30.5 Å². The van der Waals surface area contributed by atoms with Crippen molar-refractivity contribution in [3.63, 3.8) is 0 Å². The van der Waals surface area contributed by atoms with E-state index in [1.54, 1.807) is 4.68 Å². The molecule has 0 aliphatic rings. The lowest BCUT2D eigenvalue weighted by atomic mass is 10.1. The van der Waals surface area contributed by atoms with Gasteiger partial charge in [0.1, 0.15) is 5.56 Å². The van der Waals surface area contributed by atoms with Crippen LogP contribution in [0.3, 0.4) is 0 Å². The standard InChI is InChI=1S/C15H18N2O2/c1-3-4-5-14-13(15(18)19)10-16-17(14)12-8-6-11(2)7-9-12/h6-10H,3-5H2,1-2H3,(H,18,19). The number of nitrogens with zero attached hydrogens (tertiary/aromatic N) is 2. The van der Waals surface area contributed by atoms with Crippen LogP contribution in [-0.4, -0.2) is 20.9 Å². The molecule has 1 N–H and O–H groups in total. The van der Waals surface area contributed by atoms with E-state index in [1.807, 2.05) is 31.2 Å². The predicted molar refractivity (Wildman–Crippen MR) is 73.9 cm³/mol. The Labute approximate surface area is 112 Å². The molecule has 4 nitrogen and oxygen atoms in total. The van der Waals surface area contributed by atoms with E-state index in [2.05, 4.69) is 12.0 Å². The lowest BCUT2D eigenvalue weighted by Gasteiger charge is -2.08. The minimum absolute atomic E-state index is 0.300. The Hall–Kier alpha value is -2.10. The van der Waals surface area contributed by atoms with E-state index in [-0.39, 0.29) is 0 Å². The minimum Gasteiger partial charge on any atom is -0.478 e. The van der Waals surface area contributed by atoms with E-state index in [1.165, 1.54) is 11.8 Å². The molecular formula is C15H18N2O2. The highest BCUT2D eigenvalue weighted by atomic mass is 16.4. The molecule has 0 saturated carbocycles. The van der Waals surface area contributed by atoms with E-state index in [9.17, 15) is 9.90 Å². The number of carboxylic acid groups (broad SMARTS) is 1. The number of carboxylic acids is 1. The number of aromatic carboxylic acids is 1. The van der Waals surface area contributed by atoms with Gasteiger partial charge in [0.2, 0.25) is 0 Å². The first-order valence-electron chi connectivity index (χ1n) is 6.50. The zero-order valence-corrected chi connectivity index (χ0v) is 11.3. The Morgan fingerprint density at radius 1 is 1.32 bits per heavy atom. The molecule has 0 unspecified atom stereocenters. The van der Waals surface area contributed by atoms with E-state index in [0.717, 1.165) is 30.6 Å². The fourth-order valence-electron chi connectivity index (χ4n) is 2.05. The minimum atomic E-state index is -0.913. The lowest BCUT2D eigenvalue weighted by molar-refractivity contribution is 0.0695. The van der Waals surface area contributed by atoms with Crippen LogP contribution in [0.1, 0.15) is 41.4 Å². The van der Waals surface area contributed by atoms with Crippen LogP contribution >= 0.6 is 0 Å². The Bertz CT molecular complexity index is 570. The summed E-state index contributed by atoms with van der Waals surface area (Å²) in [4.78, 5) is 11.2. The summed E-state index contributed by atoms with van der Waals surface area (Å²) in [5.74, 6) is -0.913. The first-order valence-corrected chi connectivity index (χ1v) is 6.50. The van der Waals surface area contributed by atoms with E-state index in [4.69, 9.17) is 0 Å². The molecule has 0 saturated heterocycles. The first kappa shape index (κ1) is 13.3. The van der Waals surface area contributed by atoms with Crippen LogP contribution in [-0.2, 0) is 6.42 Å². The molecule has 2 aromatic rings. The Balaban J connectivity index is 2.44. The third kappa shape index (κ3) is 2.84. The largest absolute Gasteiger partial charge is 0.478 e. The molecule has 19 heavy (non-hydrogen) atoms. The van der Waals surface area contributed by atoms with Gasteiger partial charge in [-0.1, -0.05) is 31.0 Å². The monoisotopic (exact) mass is 258 g/mol. The third-order valence-electron chi connectivity index (χ3n) is 3.14. The number of carbonyl (C=O) groups is 1. The maximum absolute atomic E-state index is 11.2. The second kappa shape index (κ2) is 5.69. The summed E-state index contributed by atoms with van der Waals surface area (Å²) in [6.45, 7) is 4.11. The van der Waals surface area contributed by atoms with Crippen LogP contribution in [0.2, 0.25) is 0 Å². The SMILES string of the molecule is CCCCc1c(C(=O)O)cnn1-c1ccc(C)cc1. The van der Waals surface area contributed by atoms with Crippen LogP contribution < -0.4 is 0 Å². The van der Waals surface area contributed by atoms with Crippen molar-refractivity contribution in [2.75, 3.05) is 0 Å². The summed E-state index contributed by atoms with van der Waals surface area (Å²) >= 11 is 0. The quantitative estimate of drug-likeness (QED) is 0.895. The highest BCUT2D eigenvalue weighted by Gasteiger charge is 2.16. The summed E-state index contributed by atoms with van der Waals surface area (Å²) in [5.41, 5.74) is 3.15. The Morgan fingerprint density at radius 3 is 2.58 bits per heavy atom. The Kier molecular flexibility index (Phi) is 4.00. The van der Waals surface area contributed by atoms with Gasteiger partial charge >= 0.3 is 5.97 Å². The molecule has 4 heteroatoms. The van der Waals surface area contributed by atoms with Gasteiger partial charge in [0, 0.05) is 0 Å². The van der Waals surface area contributed by atoms with Gasteiger partial charge in [0.15, 0.2) is 0 Å². The Morgan fingerprint density at radius 2 is 2.00 bits per heavy atom. The van der Waals surface area contributed by atoms with Gasteiger partial charge < -0.3 is 5.11 Å². The molecule has 0 amide bonds. The lowest BCUT2D eigenvalue weighted by Crippen LogP contribution is -2.06. The van der Waals surface area contributed by atoms with Crippen LogP contribution in [0, 0.1) is 6.92 Å². The number of aryl methyl sites for hydroxylation is 1. The second-order valence-corrected chi connectivity index (χ2v) is 4.66. The van der Waals surface area contributed by atoms with E-state index < -0.39 is 5.97 Å². The molecule has 0 aliphatic carbocycles. The van der Waals surface area contributed by atoms with Gasteiger partial charge in [-0.15, -0.1) is 0 Å². The van der Waals surface area contributed by atoms with E-state index >= 15 is 0 Å². The van der Waals surface area contributed by atoms with Crippen LogP contribution in [0.4, 0.5) is 0 Å². The molecule has 0 bridgehead atoms. The zero-order chi connectivity index (χ0) is 13.8. The summed E-state index contributed by atoms with van der Waals surface area (Å²) in [6.07, 6.45) is 4.15. The maximum Gasteiger partial charge on any atom is 0.339 e. The van der Waals surface area contributed by atoms with Crippen molar-refractivity contribution in [2.24, 2.45) is 0 Å². The second-order valence-electron chi connectivity index (χ2n) is 4.66. The van der Waals surface area contributed by atoms with Gasteiger partial charge in [0.05, 0.1) is 17.6 Å². The topological polar surface area (TPSA) is 55.1 Å². The third-order valence-corrected chi connectivity index (χ3v) is 3.14. The highest BCUT2D eigenvalue weighted by molar-refractivity contribution is 5.88.